The average Bonchev–Trinajstić information content (AvgIpc) is 2.69. The molecule has 0 spiro atoms. The Morgan fingerprint density at radius 3 is 2.12 bits per heavy atom. The highest BCUT2D eigenvalue weighted by Gasteiger charge is 2.14. The van der Waals surface area contributed by atoms with Crippen molar-refractivity contribution in [1.29, 1.82) is 0 Å². The van der Waals surface area contributed by atoms with E-state index in [0.29, 0.717) is 29.2 Å². The Bertz CT molecular complexity index is 740. The molecule has 0 radical (unpaired) electrons. The summed E-state index contributed by atoms with van der Waals surface area (Å²) in [5.74, 6) is 0.809. The minimum atomic E-state index is -0.409. The van der Waals surface area contributed by atoms with Gasteiger partial charge in [0.15, 0.2) is 11.5 Å². The van der Waals surface area contributed by atoms with Crippen LogP contribution in [0.25, 0.3) is 0 Å². The monoisotopic (exact) mass is 359 g/mol. The maximum absolute atomic E-state index is 12.0. The highest BCUT2D eigenvalue weighted by molar-refractivity contribution is 5.95. The quantitative estimate of drug-likeness (QED) is 0.727. The molecule has 1 aromatic carbocycles. The number of rotatable bonds is 7. The number of ether oxygens (including phenoxy) is 3. The molecule has 0 aliphatic carbocycles. The largest absolute Gasteiger partial charge is 0.493 e. The number of pyridine rings is 1. The van der Waals surface area contributed by atoms with Crippen molar-refractivity contribution in [1.82, 2.24) is 15.8 Å². The zero-order valence-corrected chi connectivity index (χ0v) is 14.9. The van der Waals surface area contributed by atoms with Crippen molar-refractivity contribution in [3.63, 3.8) is 0 Å². The van der Waals surface area contributed by atoms with Gasteiger partial charge in [0.2, 0.25) is 11.7 Å². The second-order valence-electron chi connectivity index (χ2n) is 5.27. The number of hydrazine groups is 1. The number of aryl methyl sites for hydroxylation is 1. The normalized spacial score (nSPS) is 9.96. The summed E-state index contributed by atoms with van der Waals surface area (Å²) in [5, 5.41) is 0. The molecule has 0 bridgehead atoms. The van der Waals surface area contributed by atoms with E-state index in [9.17, 15) is 9.59 Å². The average molecular weight is 359 g/mol. The molecule has 0 aliphatic rings. The summed E-state index contributed by atoms with van der Waals surface area (Å²) in [6, 6.07) is 6.67. The minimum Gasteiger partial charge on any atom is -0.493 e. The van der Waals surface area contributed by atoms with Crippen LogP contribution >= 0.6 is 0 Å². The van der Waals surface area contributed by atoms with E-state index in [1.54, 1.807) is 24.3 Å². The molecule has 1 aromatic heterocycles. The van der Waals surface area contributed by atoms with Crippen molar-refractivity contribution in [2.24, 2.45) is 0 Å². The lowest BCUT2D eigenvalue weighted by Gasteiger charge is -2.14. The van der Waals surface area contributed by atoms with E-state index >= 15 is 0 Å². The fraction of sp³-hybridized carbons (Fsp3) is 0.278. The summed E-state index contributed by atoms with van der Waals surface area (Å²) in [6.45, 7) is 0. The zero-order valence-electron chi connectivity index (χ0n) is 14.9. The van der Waals surface area contributed by atoms with E-state index in [4.69, 9.17) is 14.2 Å². The third kappa shape index (κ3) is 4.85. The molecule has 0 unspecified atom stereocenters. The lowest BCUT2D eigenvalue weighted by Crippen LogP contribution is -2.41. The van der Waals surface area contributed by atoms with Crippen LogP contribution in [0.1, 0.15) is 22.3 Å². The Hall–Kier alpha value is -3.29. The van der Waals surface area contributed by atoms with Gasteiger partial charge in [0, 0.05) is 24.4 Å². The Labute approximate surface area is 151 Å². The standard InChI is InChI=1S/C18H21N3O5/c1-24-14-10-12(11-15(25-2)17(14)26-3)4-5-16(22)20-21-18(23)13-6-8-19-9-7-13/h6-11H,4-5H2,1-3H3,(H,20,22)(H,21,23). The van der Waals surface area contributed by atoms with Gasteiger partial charge in [0.25, 0.3) is 5.91 Å². The third-order valence-electron chi connectivity index (χ3n) is 3.62. The van der Waals surface area contributed by atoms with Crippen molar-refractivity contribution >= 4 is 11.8 Å². The first-order valence-corrected chi connectivity index (χ1v) is 7.87. The van der Waals surface area contributed by atoms with Crippen molar-refractivity contribution in [3.8, 4) is 17.2 Å². The lowest BCUT2D eigenvalue weighted by atomic mass is 10.1. The van der Waals surface area contributed by atoms with Crippen LogP contribution in [0.4, 0.5) is 0 Å². The summed E-state index contributed by atoms with van der Waals surface area (Å²) in [4.78, 5) is 27.6. The fourth-order valence-corrected chi connectivity index (χ4v) is 2.30. The van der Waals surface area contributed by atoms with E-state index in [1.807, 2.05) is 0 Å². The molecule has 2 aromatic rings. The van der Waals surface area contributed by atoms with Gasteiger partial charge >= 0.3 is 0 Å². The zero-order chi connectivity index (χ0) is 18.9. The molecule has 2 N–H and O–H groups in total. The van der Waals surface area contributed by atoms with E-state index in [-0.39, 0.29) is 12.3 Å². The Balaban J connectivity index is 1.92. The molecule has 0 saturated heterocycles. The number of carbonyl (C=O) groups is 2. The van der Waals surface area contributed by atoms with Gasteiger partial charge in [0.1, 0.15) is 0 Å². The van der Waals surface area contributed by atoms with Gasteiger partial charge in [-0.05, 0) is 36.2 Å². The van der Waals surface area contributed by atoms with Crippen molar-refractivity contribution in [3.05, 3.63) is 47.8 Å². The molecule has 8 heteroatoms. The van der Waals surface area contributed by atoms with Gasteiger partial charge in [-0.3, -0.25) is 25.4 Å². The number of nitrogens with zero attached hydrogens (tertiary/aromatic N) is 1. The summed E-state index contributed by atoms with van der Waals surface area (Å²) in [6.07, 6.45) is 3.62. The number of methoxy groups -OCH3 is 3. The molecular weight excluding hydrogens is 338 g/mol. The van der Waals surface area contributed by atoms with E-state index < -0.39 is 5.91 Å². The van der Waals surface area contributed by atoms with Crippen molar-refractivity contribution in [2.75, 3.05) is 21.3 Å². The van der Waals surface area contributed by atoms with Crippen LogP contribution in [0.3, 0.4) is 0 Å². The first-order valence-electron chi connectivity index (χ1n) is 7.87. The smallest absolute Gasteiger partial charge is 0.269 e. The van der Waals surface area contributed by atoms with Crippen LogP contribution in [0, 0.1) is 0 Å². The van der Waals surface area contributed by atoms with E-state index in [0.717, 1.165) is 5.56 Å². The van der Waals surface area contributed by atoms with Crippen molar-refractivity contribution < 1.29 is 23.8 Å². The van der Waals surface area contributed by atoms with Gasteiger partial charge < -0.3 is 14.2 Å². The van der Waals surface area contributed by atoms with Gasteiger partial charge in [0.05, 0.1) is 21.3 Å². The predicted molar refractivity (Wildman–Crippen MR) is 94.3 cm³/mol. The number of nitrogens with one attached hydrogen (secondary N) is 2. The number of hydrogen-bond donors (Lipinski definition) is 2. The Kier molecular flexibility index (Phi) is 6.78. The summed E-state index contributed by atoms with van der Waals surface area (Å²) in [7, 11) is 4.59. The molecule has 0 atom stereocenters. The summed E-state index contributed by atoms with van der Waals surface area (Å²) in [5.41, 5.74) is 6.00. The molecule has 0 saturated carbocycles. The predicted octanol–water partition coefficient (Wildman–Crippen LogP) is 1.50. The van der Waals surface area contributed by atoms with Gasteiger partial charge in [-0.15, -0.1) is 0 Å². The number of amides is 2. The van der Waals surface area contributed by atoms with Crippen LogP contribution in [0.5, 0.6) is 17.2 Å². The molecule has 0 fully saturated rings. The second kappa shape index (κ2) is 9.26. The number of aromatic nitrogens is 1. The molecule has 26 heavy (non-hydrogen) atoms. The van der Waals surface area contributed by atoms with Crippen LogP contribution in [0.15, 0.2) is 36.7 Å². The van der Waals surface area contributed by atoms with Crippen molar-refractivity contribution in [2.45, 2.75) is 12.8 Å². The Morgan fingerprint density at radius 2 is 1.58 bits per heavy atom. The molecule has 2 rings (SSSR count). The number of carbonyl (C=O) groups excluding carboxylic acids is 2. The maximum atomic E-state index is 12.0. The van der Waals surface area contributed by atoms with Gasteiger partial charge in [-0.1, -0.05) is 0 Å². The van der Waals surface area contributed by atoms with Crippen LogP contribution in [-0.4, -0.2) is 38.1 Å². The summed E-state index contributed by atoms with van der Waals surface area (Å²) >= 11 is 0. The van der Waals surface area contributed by atoms with Gasteiger partial charge in [-0.25, -0.2) is 0 Å². The second-order valence-corrected chi connectivity index (χ2v) is 5.27. The van der Waals surface area contributed by atoms with Crippen LogP contribution in [-0.2, 0) is 11.2 Å². The first kappa shape index (κ1) is 19.0. The topological polar surface area (TPSA) is 98.8 Å². The molecular formula is C18H21N3O5. The minimum absolute atomic E-state index is 0.176. The Morgan fingerprint density at radius 1 is 0.962 bits per heavy atom. The highest BCUT2D eigenvalue weighted by Crippen LogP contribution is 2.38. The number of benzene rings is 1. The van der Waals surface area contributed by atoms with Crippen LogP contribution in [0.2, 0.25) is 0 Å². The lowest BCUT2D eigenvalue weighted by molar-refractivity contribution is -0.121. The molecule has 2 amide bonds. The maximum Gasteiger partial charge on any atom is 0.269 e. The molecule has 8 nitrogen and oxygen atoms in total. The van der Waals surface area contributed by atoms with Gasteiger partial charge in [-0.2, -0.15) is 0 Å². The van der Waals surface area contributed by atoms with E-state index in [1.165, 1.54) is 33.7 Å². The number of hydrogen-bond acceptors (Lipinski definition) is 6. The first-order chi connectivity index (χ1) is 12.6. The highest BCUT2D eigenvalue weighted by atomic mass is 16.5. The molecule has 138 valence electrons. The van der Waals surface area contributed by atoms with E-state index in [2.05, 4.69) is 15.8 Å². The van der Waals surface area contributed by atoms with Crippen LogP contribution < -0.4 is 25.1 Å². The third-order valence-corrected chi connectivity index (χ3v) is 3.62. The SMILES string of the molecule is COc1cc(CCC(=O)NNC(=O)c2ccncc2)cc(OC)c1OC. The fourth-order valence-electron chi connectivity index (χ4n) is 2.30. The summed E-state index contributed by atoms with van der Waals surface area (Å²) < 4.78 is 15.8. The molecule has 0 aliphatic heterocycles. The molecule has 1 heterocycles.